The van der Waals surface area contributed by atoms with Crippen molar-refractivity contribution in [3.8, 4) is 11.5 Å². The fraction of sp³-hybridized carbons (Fsp3) is 0.562. The Kier molecular flexibility index (Phi) is 5.24. The monoisotopic (exact) mass is 371 g/mol. The van der Waals surface area contributed by atoms with E-state index in [1.54, 1.807) is 0 Å². The molecule has 0 saturated carbocycles. The number of hydrogen-bond acceptors (Lipinski definition) is 6. The highest BCUT2D eigenvalue weighted by Gasteiger charge is 2.30. The Morgan fingerprint density at radius 1 is 1.29 bits per heavy atom. The van der Waals surface area contributed by atoms with Gasteiger partial charge in [-0.2, -0.15) is 0 Å². The zero-order chi connectivity index (χ0) is 17.2. The highest BCUT2D eigenvalue weighted by molar-refractivity contribution is 8.00. The average Bonchev–Trinajstić information content (AvgIpc) is 2.73. The third kappa shape index (κ3) is 4.36. The summed E-state index contributed by atoms with van der Waals surface area (Å²) in [5, 5.41) is 2.51. The lowest BCUT2D eigenvalue weighted by Gasteiger charge is -2.16. The van der Waals surface area contributed by atoms with Crippen LogP contribution in [0.4, 0.5) is 0 Å². The van der Waals surface area contributed by atoms with E-state index in [0.29, 0.717) is 25.4 Å². The SMILES string of the molecule is C[C@@H](Sc1ccc2c(c1)OCCCO2)C(=O)N[C@H]1CCS(=O)(=O)C1. The summed E-state index contributed by atoms with van der Waals surface area (Å²) in [6, 6.07) is 5.38. The summed E-state index contributed by atoms with van der Waals surface area (Å²) in [7, 11) is -2.99. The zero-order valence-corrected chi connectivity index (χ0v) is 15.1. The van der Waals surface area contributed by atoms with E-state index in [1.807, 2.05) is 25.1 Å². The first-order valence-corrected chi connectivity index (χ1v) is 10.7. The summed E-state index contributed by atoms with van der Waals surface area (Å²) in [5.74, 6) is 1.48. The predicted octanol–water partition coefficient (Wildman–Crippen LogP) is 1.63. The van der Waals surface area contributed by atoms with Crippen LogP contribution >= 0.6 is 11.8 Å². The molecule has 2 heterocycles. The fourth-order valence-electron chi connectivity index (χ4n) is 2.70. The summed E-state index contributed by atoms with van der Waals surface area (Å²) in [4.78, 5) is 13.2. The van der Waals surface area contributed by atoms with Crippen LogP contribution in [0.15, 0.2) is 23.1 Å². The van der Waals surface area contributed by atoms with E-state index >= 15 is 0 Å². The van der Waals surface area contributed by atoms with Crippen molar-refractivity contribution in [1.29, 1.82) is 0 Å². The minimum atomic E-state index is -2.99. The molecule has 3 rings (SSSR count). The van der Waals surface area contributed by atoms with Gasteiger partial charge in [0, 0.05) is 17.4 Å². The molecule has 2 aliphatic heterocycles. The summed E-state index contributed by atoms with van der Waals surface area (Å²) in [5.41, 5.74) is 0. The van der Waals surface area contributed by atoms with Crippen LogP contribution in [0, 0.1) is 0 Å². The lowest BCUT2D eigenvalue weighted by molar-refractivity contribution is -0.120. The van der Waals surface area contributed by atoms with Gasteiger partial charge < -0.3 is 14.8 Å². The second-order valence-corrected chi connectivity index (χ2v) is 9.67. The first kappa shape index (κ1) is 17.4. The van der Waals surface area contributed by atoms with Crippen LogP contribution in [-0.4, -0.2) is 50.3 Å². The van der Waals surface area contributed by atoms with E-state index in [-0.39, 0.29) is 28.7 Å². The van der Waals surface area contributed by atoms with E-state index in [1.165, 1.54) is 11.8 Å². The van der Waals surface area contributed by atoms with Gasteiger partial charge in [0.2, 0.25) is 5.91 Å². The molecule has 0 unspecified atom stereocenters. The Balaban J connectivity index is 1.59. The van der Waals surface area contributed by atoms with E-state index < -0.39 is 9.84 Å². The number of carbonyl (C=O) groups is 1. The molecule has 6 nitrogen and oxygen atoms in total. The van der Waals surface area contributed by atoms with Gasteiger partial charge in [-0.1, -0.05) is 0 Å². The van der Waals surface area contributed by atoms with Crippen LogP contribution in [0.1, 0.15) is 19.8 Å². The minimum absolute atomic E-state index is 0.0418. The highest BCUT2D eigenvalue weighted by atomic mass is 32.2. The van der Waals surface area contributed by atoms with Crippen LogP contribution in [-0.2, 0) is 14.6 Å². The summed E-state index contributed by atoms with van der Waals surface area (Å²) in [6.07, 6.45) is 1.34. The van der Waals surface area contributed by atoms with Gasteiger partial charge >= 0.3 is 0 Å². The minimum Gasteiger partial charge on any atom is -0.490 e. The summed E-state index contributed by atoms with van der Waals surface area (Å²) >= 11 is 1.42. The highest BCUT2D eigenvalue weighted by Crippen LogP contribution is 2.35. The normalized spacial score (nSPS) is 23.3. The number of carbonyl (C=O) groups excluding carboxylic acids is 1. The van der Waals surface area contributed by atoms with Crippen molar-refractivity contribution in [3.63, 3.8) is 0 Å². The van der Waals surface area contributed by atoms with Crippen molar-refractivity contribution in [1.82, 2.24) is 5.32 Å². The first-order chi connectivity index (χ1) is 11.4. The van der Waals surface area contributed by atoms with Gasteiger partial charge in [0.25, 0.3) is 0 Å². The van der Waals surface area contributed by atoms with Gasteiger partial charge in [-0.3, -0.25) is 4.79 Å². The number of ether oxygens (including phenoxy) is 2. The molecule has 1 saturated heterocycles. The molecule has 0 bridgehead atoms. The maximum Gasteiger partial charge on any atom is 0.233 e. The molecule has 1 N–H and O–H groups in total. The number of rotatable bonds is 4. The van der Waals surface area contributed by atoms with Gasteiger partial charge in [-0.25, -0.2) is 8.42 Å². The molecule has 2 aliphatic rings. The lowest BCUT2D eigenvalue weighted by Crippen LogP contribution is -2.39. The van der Waals surface area contributed by atoms with Crippen LogP contribution in [0.25, 0.3) is 0 Å². The molecule has 24 heavy (non-hydrogen) atoms. The predicted molar refractivity (Wildman–Crippen MR) is 92.6 cm³/mol. The van der Waals surface area contributed by atoms with E-state index in [0.717, 1.165) is 17.1 Å². The van der Waals surface area contributed by atoms with Gasteiger partial charge in [0.15, 0.2) is 21.3 Å². The fourth-order valence-corrected chi connectivity index (χ4v) is 5.28. The summed E-state index contributed by atoms with van der Waals surface area (Å²) < 4.78 is 34.2. The molecule has 1 amide bonds. The first-order valence-electron chi connectivity index (χ1n) is 8.00. The topological polar surface area (TPSA) is 81.7 Å². The molecular weight excluding hydrogens is 350 g/mol. The van der Waals surface area contributed by atoms with E-state index in [4.69, 9.17) is 9.47 Å². The molecule has 1 aromatic carbocycles. The number of benzene rings is 1. The second kappa shape index (κ2) is 7.23. The number of fused-ring (bicyclic) bond motifs is 1. The average molecular weight is 371 g/mol. The molecule has 2 atom stereocenters. The smallest absolute Gasteiger partial charge is 0.233 e. The Hall–Kier alpha value is -1.41. The quantitative estimate of drug-likeness (QED) is 0.810. The number of hydrogen-bond donors (Lipinski definition) is 1. The van der Waals surface area contributed by atoms with Crippen molar-refractivity contribution in [2.45, 2.75) is 36.0 Å². The molecule has 8 heteroatoms. The molecule has 0 radical (unpaired) electrons. The second-order valence-electron chi connectivity index (χ2n) is 6.03. The third-order valence-electron chi connectivity index (χ3n) is 3.98. The Morgan fingerprint density at radius 2 is 2.04 bits per heavy atom. The van der Waals surface area contributed by atoms with Crippen LogP contribution in [0.5, 0.6) is 11.5 Å². The van der Waals surface area contributed by atoms with Crippen LogP contribution < -0.4 is 14.8 Å². The van der Waals surface area contributed by atoms with Crippen molar-refractivity contribution in [2.75, 3.05) is 24.7 Å². The van der Waals surface area contributed by atoms with Crippen molar-refractivity contribution < 1.29 is 22.7 Å². The van der Waals surface area contributed by atoms with Crippen molar-refractivity contribution in [3.05, 3.63) is 18.2 Å². The molecule has 1 fully saturated rings. The maximum atomic E-state index is 12.3. The largest absolute Gasteiger partial charge is 0.490 e. The Labute approximate surface area is 146 Å². The van der Waals surface area contributed by atoms with Gasteiger partial charge in [0.1, 0.15) is 0 Å². The molecule has 132 valence electrons. The Bertz CT molecular complexity index is 719. The molecule has 0 aliphatic carbocycles. The van der Waals surface area contributed by atoms with Crippen LogP contribution in [0.2, 0.25) is 0 Å². The number of thioether (sulfide) groups is 1. The zero-order valence-electron chi connectivity index (χ0n) is 13.5. The van der Waals surface area contributed by atoms with Gasteiger partial charge in [-0.15, -0.1) is 11.8 Å². The number of amides is 1. The van der Waals surface area contributed by atoms with Crippen molar-refractivity contribution >= 4 is 27.5 Å². The molecule has 1 aromatic rings. The number of sulfone groups is 1. The van der Waals surface area contributed by atoms with E-state index in [2.05, 4.69) is 5.32 Å². The lowest BCUT2D eigenvalue weighted by atomic mass is 10.2. The molecular formula is C16H21NO5S2. The van der Waals surface area contributed by atoms with Crippen molar-refractivity contribution in [2.24, 2.45) is 0 Å². The standard InChI is InChI=1S/C16H21NO5S2/c1-11(16(18)17-12-5-8-24(19,20)10-12)23-13-3-4-14-15(9-13)22-7-2-6-21-14/h3-4,9,11-12H,2,5-8,10H2,1H3,(H,17,18)/t11-,12+/m1/s1. The maximum absolute atomic E-state index is 12.3. The molecule has 0 aromatic heterocycles. The Morgan fingerprint density at radius 3 is 2.75 bits per heavy atom. The van der Waals surface area contributed by atoms with Gasteiger partial charge in [-0.05, 0) is 31.5 Å². The van der Waals surface area contributed by atoms with E-state index in [9.17, 15) is 13.2 Å². The van der Waals surface area contributed by atoms with Crippen LogP contribution in [0.3, 0.4) is 0 Å². The van der Waals surface area contributed by atoms with Gasteiger partial charge in [0.05, 0.1) is 30.0 Å². The molecule has 0 spiro atoms. The number of nitrogens with one attached hydrogen (secondary N) is 1. The summed E-state index contributed by atoms with van der Waals surface area (Å²) in [6.45, 7) is 3.07. The third-order valence-corrected chi connectivity index (χ3v) is 6.84.